The third kappa shape index (κ3) is 16.7. The molecule has 0 spiro atoms. The van der Waals surface area contributed by atoms with E-state index in [0.717, 1.165) is 61.3 Å². The maximum absolute atomic E-state index is 12.1. The summed E-state index contributed by atoms with van der Waals surface area (Å²) >= 11 is 1.90. The van der Waals surface area contributed by atoms with E-state index in [0.29, 0.717) is 108 Å². The largest absolute Gasteiger partial charge is 0.397 e. The Kier molecular flexibility index (Phi) is 20.0. The number of carbonyl (C=O) groups excluding carboxylic acids is 3. The Morgan fingerprint density at radius 1 is 0.673 bits per heavy atom. The van der Waals surface area contributed by atoms with Gasteiger partial charge in [0.25, 0.3) is 0 Å². The van der Waals surface area contributed by atoms with Gasteiger partial charge in [-0.3, -0.25) is 9.59 Å². The summed E-state index contributed by atoms with van der Waals surface area (Å²) in [4.78, 5) is 35.6. The van der Waals surface area contributed by atoms with Crippen LogP contribution in [0.1, 0.15) is 38.5 Å². The van der Waals surface area contributed by atoms with E-state index in [9.17, 15) is 14.4 Å². The van der Waals surface area contributed by atoms with Crippen LogP contribution in [0.5, 0.6) is 0 Å². The maximum atomic E-state index is 12.1. The third-order valence-corrected chi connectivity index (χ3v) is 10.7. The number of rotatable bonds is 29. The summed E-state index contributed by atoms with van der Waals surface area (Å²) < 4.78 is 22.0. The van der Waals surface area contributed by atoms with E-state index in [1.165, 1.54) is 0 Å². The molecule has 4 amide bonds. The van der Waals surface area contributed by atoms with E-state index < -0.39 is 0 Å². The molecule has 2 saturated heterocycles. The van der Waals surface area contributed by atoms with Crippen molar-refractivity contribution in [3.63, 3.8) is 0 Å². The predicted octanol–water partition coefficient (Wildman–Crippen LogP) is 1.91. The molecule has 2 aromatic carbocycles. The summed E-state index contributed by atoms with van der Waals surface area (Å²) in [5.74, 6) is 0.938. The fraction of sp³-hybridized carbons (Fsp3) is 0.605. The Hall–Kier alpha value is -4.00. The van der Waals surface area contributed by atoms with Gasteiger partial charge in [0.15, 0.2) is 0 Å². The summed E-state index contributed by atoms with van der Waals surface area (Å²) in [6.45, 7) is 6.64. The number of benzene rings is 2. The number of carbonyl (C=O) groups is 3. The lowest BCUT2D eigenvalue weighted by Gasteiger charge is -2.16. The van der Waals surface area contributed by atoms with Crippen LogP contribution in [0.25, 0.3) is 11.1 Å². The summed E-state index contributed by atoms with van der Waals surface area (Å²) in [5, 5.41) is 18.9. The van der Waals surface area contributed by atoms with Crippen LogP contribution in [-0.4, -0.2) is 127 Å². The zero-order valence-corrected chi connectivity index (χ0v) is 32.7. The topological polar surface area (TPSA) is 238 Å². The monoisotopic (exact) mass is 787 g/mol. The van der Waals surface area contributed by atoms with Crippen LogP contribution in [0.2, 0.25) is 0 Å². The van der Waals surface area contributed by atoms with Crippen LogP contribution >= 0.6 is 11.8 Å². The Morgan fingerprint density at radius 3 is 2.05 bits per heavy atom. The van der Waals surface area contributed by atoms with Crippen molar-refractivity contribution < 1.29 is 33.3 Å². The van der Waals surface area contributed by atoms with Crippen molar-refractivity contribution in [2.75, 3.05) is 114 Å². The van der Waals surface area contributed by atoms with E-state index in [1.54, 1.807) is 6.07 Å². The van der Waals surface area contributed by atoms with Crippen LogP contribution in [0.4, 0.5) is 27.5 Å². The van der Waals surface area contributed by atoms with E-state index in [2.05, 4.69) is 31.9 Å². The first-order valence-corrected chi connectivity index (χ1v) is 20.4. The number of ether oxygens (including phenoxy) is 4. The van der Waals surface area contributed by atoms with Crippen molar-refractivity contribution in [3.05, 3.63) is 36.4 Å². The van der Waals surface area contributed by atoms with Crippen LogP contribution in [0.15, 0.2) is 36.4 Å². The highest BCUT2D eigenvalue weighted by Crippen LogP contribution is 2.33. The fourth-order valence-corrected chi connectivity index (χ4v) is 7.69. The number of nitrogen functional groups attached to an aromatic ring is 3. The van der Waals surface area contributed by atoms with Gasteiger partial charge in [-0.25, -0.2) is 4.79 Å². The summed E-state index contributed by atoms with van der Waals surface area (Å²) in [6, 6.07) is 11.8. The molecule has 2 aromatic rings. The molecule has 0 aliphatic carbocycles. The molecule has 306 valence electrons. The second kappa shape index (κ2) is 25.2. The minimum absolute atomic E-state index is 0.0339. The molecule has 4 rings (SSSR count). The van der Waals surface area contributed by atoms with Crippen molar-refractivity contribution in [1.29, 1.82) is 0 Å². The number of hydrogen-bond acceptors (Lipinski definition) is 13. The lowest BCUT2D eigenvalue weighted by atomic mass is 10.0. The highest BCUT2D eigenvalue weighted by molar-refractivity contribution is 8.00. The van der Waals surface area contributed by atoms with Gasteiger partial charge in [0.1, 0.15) is 0 Å². The molecule has 16 nitrogen and oxygen atoms in total. The van der Waals surface area contributed by atoms with E-state index in [4.69, 9.17) is 36.1 Å². The molecule has 3 atom stereocenters. The van der Waals surface area contributed by atoms with E-state index in [1.807, 2.05) is 42.1 Å². The molecular weight excluding hydrogens is 727 g/mol. The highest BCUT2D eigenvalue weighted by atomic mass is 32.2. The standard InChI is InChI=1S/C38H61N9O7S/c39-29-8-6-27(24-30(29)40)28-7-9-32(31(41)25-28)43-12-3-11-42-13-14-44-36(49)10-16-51-18-20-53-22-23-54-21-19-52-17-15-45-35(48)5-2-1-4-34-37-33(26-55-34)46-38(50)47-37/h6-9,24-25,33-34,37,42-43H,1-5,10-23,26,39-41H2,(H,44,49)(H,45,48)(H2,46,47,50)/t33-,34?,37-/m0/s1. The molecule has 17 heteroatoms. The van der Waals surface area contributed by atoms with Crippen LogP contribution in [-0.2, 0) is 28.5 Å². The number of nitrogens with two attached hydrogens (primary N) is 3. The van der Waals surface area contributed by atoms with Gasteiger partial charge in [-0.1, -0.05) is 18.6 Å². The minimum atomic E-state index is -0.0652. The minimum Gasteiger partial charge on any atom is -0.397 e. The smallest absolute Gasteiger partial charge is 0.315 e. The Bertz CT molecular complexity index is 1470. The highest BCUT2D eigenvalue weighted by Gasteiger charge is 2.42. The number of unbranched alkanes of at least 4 members (excludes halogenated alkanes) is 1. The lowest BCUT2D eigenvalue weighted by Crippen LogP contribution is -2.36. The average molecular weight is 788 g/mol. The van der Waals surface area contributed by atoms with Gasteiger partial charge in [-0.15, -0.1) is 0 Å². The molecule has 2 aliphatic heterocycles. The lowest BCUT2D eigenvalue weighted by molar-refractivity contribution is -0.122. The number of hydrogen-bond donors (Lipinski definition) is 9. The molecule has 55 heavy (non-hydrogen) atoms. The van der Waals surface area contributed by atoms with Crippen molar-refractivity contribution >= 4 is 52.4 Å². The average Bonchev–Trinajstić information content (AvgIpc) is 3.73. The van der Waals surface area contributed by atoms with Gasteiger partial charge in [0, 0.05) is 50.0 Å². The van der Waals surface area contributed by atoms with Gasteiger partial charge in [-0.2, -0.15) is 11.8 Å². The van der Waals surface area contributed by atoms with Crippen molar-refractivity contribution in [2.45, 2.75) is 55.9 Å². The Labute approximate surface area is 328 Å². The number of urea groups is 1. The molecular formula is C38H61N9O7S. The molecule has 0 bridgehead atoms. The quantitative estimate of drug-likeness (QED) is 0.0326. The van der Waals surface area contributed by atoms with Crippen molar-refractivity contribution in [2.24, 2.45) is 0 Å². The molecule has 2 fully saturated rings. The van der Waals surface area contributed by atoms with Crippen LogP contribution in [0, 0.1) is 0 Å². The maximum Gasteiger partial charge on any atom is 0.315 e. The van der Waals surface area contributed by atoms with Crippen LogP contribution in [0.3, 0.4) is 0 Å². The molecule has 1 unspecified atom stereocenters. The predicted molar refractivity (Wildman–Crippen MR) is 219 cm³/mol. The van der Waals surface area contributed by atoms with E-state index in [-0.39, 0.29) is 29.9 Å². The van der Waals surface area contributed by atoms with E-state index >= 15 is 0 Å². The molecule has 12 N–H and O–H groups in total. The summed E-state index contributed by atoms with van der Waals surface area (Å²) in [7, 11) is 0. The number of anilines is 4. The SMILES string of the molecule is Nc1ccc(-c2ccc(NCCCNCCNC(=O)CCOCCOCCOCCOCCNC(=O)CCCCC3SC[C@@H]4NC(=O)N[C@H]34)c(N)c2)cc1N. The Morgan fingerprint density at radius 2 is 1.33 bits per heavy atom. The molecule has 2 heterocycles. The molecule has 0 radical (unpaired) electrons. The second-order valence-corrected chi connectivity index (χ2v) is 14.7. The normalized spacial score (nSPS) is 17.4. The van der Waals surface area contributed by atoms with Gasteiger partial charge < -0.3 is 68.0 Å². The zero-order valence-electron chi connectivity index (χ0n) is 31.8. The van der Waals surface area contributed by atoms with Gasteiger partial charge >= 0.3 is 6.03 Å². The number of nitrogens with one attached hydrogen (secondary N) is 6. The fourth-order valence-electron chi connectivity index (χ4n) is 6.15. The number of thioether (sulfide) groups is 1. The van der Waals surface area contributed by atoms with Crippen molar-refractivity contribution in [3.8, 4) is 11.1 Å². The number of fused-ring (bicyclic) bond motifs is 1. The first-order valence-electron chi connectivity index (χ1n) is 19.3. The first-order chi connectivity index (χ1) is 26.8. The molecule has 0 aromatic heterocycles. The van der Waals surface area contributed by atoms with Crippen molar-refractivity contribution in [1.82, 2.24) is 26.6 Å². The summed E-state index contributed by atoms with van der Waals surface area (Å²) in [6.07, 6.45) is 4.50. The summed E-state index contributed by atoms with van der Waals surface area (Å²) in [5.41, 5.74) is 22.6. The zero-order chi connectivity index (χ0) is 39.1. The van der Waals surface area contributed by atoms with Gasteiger partial charge in [0.05, 0.1) is 87.7 Å². The molecule has 0 saturated carbocycles. The molecule has 2 aliphatic rings. The van der Waals surface area contributed by atoms with Gasteiger partial charge in [0.2, 0.25) is 11.8 Å². The van der Waals surface area contributed by atoms with Gasteiger partial charge in [-0.05, 0) is 61.2 Å². The third-order valence-electron chi connectivity index (χ3n) is 9.18. The second-order valence-electron chi connectivity index (χ2n) is 13.4. The first kappa shape index (κ1) is 43.7. The number of amides is 4. The Balaban J connectivity index is 0.834. The van der Waals surface area contributed by atoms with Crippen LogP contribution < -0.4 is 49.1 Å².